The van der Waals surface area contributed by atoms with Crippen molar-refractivity contribution in [2.45, 2.75) is 64.0 Å². The lowest BCUT2D eigenvalue weighted by molar-refractivity contribution is -0.128. The van der Waals surface area contributed by atoms with Gasteiger partial charge in [0.25, 0.3) is 0 Å². The summed E-state index contributed by atoms with van der Waals surface area (Å²) in [6.45, 7) is 4.09. The summed E-state index contributed by atoms with van der Waals surface area (Å²) in [5, 5.41) is 0. The number of carbonyl (C=O) groups excluding carboxylic acids is 1. The molecular formula is C21H29N3O2. The fourth-order valence-electron chi connectivity index (χ4n) is 4.36. The Balaban J connectivity index is 1.35. The van der Waals surface area contributed by atoms with Gasteiger partial charge in [-0.2, -0.15) is 0 Å². The maximum atomic E-state index is 12.9. The fourth-order valence-corrected chi connectivity index (χ4v) is 4.36. The lowest BCUT2D eigenvalue weighted by atomic mass is 9.97. The summed E-state index contributed by atoms with van der Waals surface area (Å²) in [6, 6.07) is 0. The number of hydrogen-bond donors (Lipinski definition) is 0. The van der Waals surface area contributed by atoms with Crippen molar-refractivity contribution in [2.24, 2.45) is 11.8 Å². The minimum atomic E-state index is 0.220. The Morgan fingerprint density at radius 3 is 2.77 bits per heavy atom. The van der Waals surface area contributed by atoms with Crippen LogP contribution in [0.15, 0.2) is 18.0 Å². The van der Waals surface area contributed by atoms with Gasteiger partial charge in [0.15, 0.2) is 0 Å². The molecular weight excluding hydrogens is 326 g/mol. The molecule has 0 aromatic carbocycles. The standard InChI is InChI=1S/C21H29N3O2/c25-21(17-3-1-2-4-17)23-10-18(13-26-12-16-7-8-16)20-19(11-23)22-14-24(20)9-15-5-6-15/h3,14-16,18H,1-2,4-13H2. The molecule has 0 N–H and O–H groups in total. The highest BCUT2D eigenvalue weighted by molar-refractivity contribution is 5.94. The Morgan fingerprint density at radius 2 is 2.04 bits per heavy atom. The van der Waals surface area contributed by atoms with Crippen LogP contribution in [0.2, 0.25) is 0 Å². The van der Waals surface area contributed by atoms with Crippen LogP contribution in [0.5, 0.6) is 0 Å². The van der Waals surface area contributed by atoms with Crippen LogP contribution in [0.1, 0.15) is 62.3 Å². The van der Waals surface area contributed by atoms with Gasteiger partial charge in [0.05, 0.1) is 25.2 Å². The van der Waals surface area contributed by atoms with Crippen molar-refractivity contribution in [2.75, 3.05) is 19.8 Å². The van der Waals surface area contributed by atoms with Crippen LogP contribution in [0, 0.1) is 11.8 Å². The van der Waals surface area contributed by atoms with E-state index in [4.69, 9.17) is 9.72 Å². The number of aromatic nitrogens is 2. The molecule has 26 heavy (non-hydrogen) atoms. The van der Waals surface area contributed by atoms with Crippen molar-refractivity contribution in [3.8, 4) is 0 Å². The Labute approximate surface area is 155 Å². The smallest absolute Gasteiger partial charge is 0.249 e. The molecule has 1 amide bonds. The minimum Gasteiger partial charge on any atom is -0.380 e. The normalized spacial score (nSPS) is 25.3. The van der Waals surface area contributed by atoms with Crippen LogP contribution in [0.25, 0.3) is 0 Å². The molecule has 4 aliphatic rings. The molecule has 0 saturated heterocycles. The zero-order valence-corrected chi connectivity index (χ0v) is 15.5. The van der Waals surface area contributed by atoms with E-state index in [1.54, 1.807) is 0 Å². The third-order valence-corrected chi connectivity index (χ3v) is 6.25. The minimum absolute atomic E-state index is 0.220. The average Bonchev–Trinajstić information content (AvgIpc) is 3.55. The Morgan fingerprint density at radius 1 is 1.19 bits per heavy atom. The molecule has 1 aliphatic heterocycles. The quantitative estimate of drug-likeness (QED) is 0.754. The van der Waals surface area contributed by atoms with E-state index in [9.17, 15) is 4.79 Å². The molecule has 2 fully saturated rings. The predicted molar refractivity (Wildman–Crippen MR) is 98.6 cm³/mol. The molecule has 5 heteroatoms. The molecule has 1 aromatic rings. The monoisotopic (exact) mass is 355 g/mol. The van der Waals surface area contributed by atoms with Crippen LogP contribution in [0.3, 0.4) is 0 Å². The van der Waals surface area contributed by atoms with Crippen molar-refractivity contribution in [3.63, 3.8) is 0 Å². The van der Waals surface area contributed by atoms with Gasteiger partial charge in [-0.3, -0.25) is 4.79 Å². The Kier molecular flexibility index (Phi) is 4.35. The second-order valence-corrected chi connectivity index (χ2v) is 8.66. The van der Waals surface area contributed by atoms with Gasteiger partial charge in [0.2, 0.25) is 5.91 Å². The van der Waals surface area contributed by atoms with E-state index in [-0.39, 0.29) is 11.8 Å². The average molecular weight is 355 g/mol. The van der Waals surface area contributed by atoms with Crippen molar-refractivity contribution in [1.82, 2.24) is 14.5 Å². The van der Waals surface area contributed by atoms with E-state index in [2.05, 4.69) is 10.6 Å². The topological polar surface area (TPSA) is 47.4 Å². The second kappa shape index (κ2) is 6.84. The van der Waals surface area contributed by atoms with E-state index < -0.39 is 0 Å². The second-order valence-electron chi connectivity index (χ2n) is 8.66. The van der Waals surface area contributed by atoms with Gasteiger partial charge >= 0.3 is 0 Å². The van der Waals surface area contributed by atoms with Gasteiger partial charge in [-0.25, -0.2) is 4.98 Å². The molecule has 5 nitrogen and oxygen atoms in total. The molecule has 1 aromatic heterocycles. The molecule has 5 rings (SSSR count). The molecule has 2 heterocycles. The summed E-state index contributed by atoms with van der Waals surface area (Å²) < 4.78 is 8.41. The van der Waals surface area contributed by atoms with Crippen LogP contribution in [-0.2, 0) is 22.6 Å². The maximum Gasteiger partial charge on any atom is 0.249 e. The number of amides is 1. The number of hydrogen-bond acceptors (Lipinski definition) is 3. The summed E-state index contributed by atoms with van der Waals surface area (Å²) in [6.07, 6.45) is 12.5. The number of ether oxygens (including phenoxy) is 1. The molecule has 0 radical (unpaired) electrons. The van der Waals surface area contributed by atoms with Crippen molar-refractivity contribution in [3.05, 3.63) is 29.4 Å². The fraction of sp³-hybridized carbons (Fsp3) is 0.714. The van der Waals surface area contributed by atoms with Crippen molar-refractivity contribution >= 4 is 5.91 Å². The van der Waals surface area contributed by atoms with Crippen LogP contribution in [-0.4, -0.2) is 40.1 Å². The highest BCUT2D eigenvalue weighted by atomic mass is 16.5. The lowest BCUT2D eigenvalue weighted by Gasteiger charge is -2.33. The number of nitrogens with zero attached hydrogens (tertiary/aromatic N) is 3. The van der Waals surface area contributed by atoms with Gasteiger partial charge in [0.1, 0.15) is 0 Å². The number of carbonyl (C=O) groups is 1. The van der Waals surface area contributed by atoms with Crippen molar-refractivity contribution < 1.29 is 9.53 Å². The largest absolute Gasteiger partial charge is 0.380 e. The van der Waals surface area contributed by atoms with Gasteiger partial charge in [-0.1, -0.05) is 6.08 Å². The first-order chi connectivity index (χ1) is 12.8. The summed E-state index contributed by atoms with van der Waals surface area (Å²) in [5.41, 5.74) is 3.42. The van der Waals surface area contributed by atoms with E-state index in [0.717, 1.165) is 62.1 Å². The summed E-state index contributed by atoms with van der Waals surface area (Å²) in [7, 11) is 0. The molecule has 0 spiro atoms. The van der Waals surface area contributed by atoms with Crippen molar-refractivity contribution in [1.29, 1.82) is 0 Å². The first-order valence-corrected chi connectivity index (χ1v) is 10.4. The molecule has 3 aliphatic carbocycles. The molecule has 1 atom stereocenters. The zero-order valence-electron chi connectivity index (χ0n) is 15.5. The third kappa shape index (κ3) is 3.46. The van der Waals surface area contributed by atoms with E-state index in [0.29, 0.717) is 13.2 Å². The van der Waals surface area contributed by atoms with Gasteiger partial charge < -0.3 is 14.2 Å². The Bertz CT molecular complexity index is 715. The first-order valence-electron chi connectivity index (χ1n) is 10.4. The number of rotatable bonds is 7. The van der Waals surface area contributed by atoms with E-state index >= 15 is 0 Å². The van der Waals surface area contributed by atoms with E-state index in [1.165, 1.54) is 31.4 Å². The molecule has 0 bridgehead atoms. The van der Waals surface area contributed by atoms with Gasteiger partial charge in [0, 0.05) is 36.9 Å². The summed E-state index contributed by atoms with van der Waals surface area (Å²) >= 11 is 0. The Hall–Kier alpha value is -1.62. The molecule has 1 unspecified atom stereocenters. The number of fused-ring (bicyclic) bond motifs is 1. The summed E-state index contributed by atoms with van der Waals surface area (Å²) in [5.74, 6) is 2.07. The SMILES string of the molecule is O=C(C1=CCCC1)N1Cc2ncn(CC3CC3)c2C(COCC2CC2)C1. The number of imidazole rings is 1. The first kappa shape index (κ1) is 16.5. The molecule has 140 valence electrons. The number of allylic oxidation sites excluding steroid dienone is 1. The summed E-state index contributed by atoms with van der Waals surface area (Å²) in [4.78, 5) is 19.6. The van der Waals surface area contributed by atoms with Gasteiger partial charge in [-0.05, 0) is 56.8 Å². The lowest BCUT2D eigenvalue weighted by Crippen LogP contribution is -2.41. The van der Waals surface area contributed by atoms with Gasteiger partial charge in [-0.15, -0.1) is 0 Å². The van der Waals surface area contributed by atoms with Crippen LogP contribution < -0.4 is 0 Å². The highest BCUT2D eigenvalue weighted by Gasteiger charge is 2.35. The van der Waals surface area contributed by atoms with Crippen LogP contribution in [0.4, 0.5) is 0 Å². The predicted octanol–water partition coefficient (Wildman–Crippen LogP) is 3.26. The zero-order chi connectivity index (χ0) is 17.5. The highest BCUT2D eigenvalue weighted by Crippen LogP contribution is 2.36. The van der Waals surface area contributed by atoms with E-state index in [1.807, 2.05) is 11.2 Å². The third-order valence-electron chi connectivity index (χ3n) is 6.25. The maximum absolute atomic E-state index is 12.9. The molecule has 2 saturated carbocycles. The van der Waals surface area contributed by atoms with Crippen LogP contribution >= 0.6 is 0 Å².